The number of hydrogen-bond donors (Lipinski definition) is 0. The van der Waals surface area contributed by atoms with Crippen molar-refractivity contribution in [2.45, 2.75) is 89.7 Å². The highest BCUT2D eigenvalue weighted by Crippen LogP contribution is 2.44. The SMILES string of the molecule is CC1(C)c2ccc(C3CCN(C4CCN(CCC=O)CC4)CC3)cc2-n2c1nc(=O)c1c(Cl)cccc12.COC(C)(C)C. The number of rotatable bonds is 5. The molecule has 3 aliphatic rings. The van der Waals surface area contributed by atoms with Crippen molar-refractivity contribution in [3.05, 3.63) is 68.7 Å². The van der Waals surface area contributed by atoms with Crippen LogP contribution in [0.25, 0.3) is 16.6 Å². The average molecular weight is 607 g/mol. The average Bonchev–Trinajstić information content (AvgIpc) is 3.22. The van der Waals surface area contributed by atoms with E-state index >= 15 is 0 Å². The summed E-state index contributed by atoms with van der Waals surface area (Å²) >= 11 is 6.45. The van der Waals surface area contributed by atoms with Gasteiger partial charge >= 0.3 is 0 Å². The van der Waals surface area contributed by atoms with E-state index in [0.717, 1.165) is 68.9 Å². The molecule has 3 aliphatic heterocycles. The summed E-state index contributed by atoms with van der Waals surface area (Å²) in [7, 11) is 1.71. The van der Waals surface area contributed by atoms with Gasteiger partial charge < -0.3 is 19.3 Å². The van der Waals surface area contributed by atoms with Gasteiger partial charge in [0.1, 0.15) is 12.1 Å². The van der Waals surface area contributed by atoms with Crippen molar-refractivity contribution in [2.24, 2.45) is 0 Å². The lowest BCUT2D eigenvalue weighted by molar-refractivity contribution is -0.108. The van der Waals surface area contributed by atoms with Gasteiger partial charge in [-0.1, -0.05) is 29.8 Å². The number of benzene rings is 2. The number of methoxy groups -OCH3 is 1. The largest absolute Gasteiger partial charge is 0.379 e. The monoisotopic (exact) mass is 606 g/mol. The highest BCUT2D eigenvalue weighted by atomic mass is 35.5. The fourth-order valence-corrected chi connectivity index (χ4v) is 7.12. The van der Waals surface area contributed by atoms with Gasteiger partial charge in [-0.05, 0) is 122 Å². The van der Waals surface area contributed by atoms with Crippen LogP contribution in [0.3, 0.4) is 0 Å². The molecule has 43 heavy (non-hydrogen) atoms. The molecule has 0 aliphatic carbocycles. The maximum absolute atomic E-state index is 12.9. The zero-order valence-corrected chi connectivity index (χ0v) is 27.4. The van der Waals surface area contributed by atoms with Crippen molar-refractivity contribution in [1.29, 1.82) is 0 Å². The van der Waals surface area contributed by atoms with Gasteiger partial charge in [-0.2, -0.15) is 4.98 Å². The maximum atomic E-state index is 12.9. The van der Waals surface area contributed by atoms with Gasteiger partial charge in [0.15, 0.2) is 0 Å². The van der Waals surface area contributed by atoms with Crippen LogP contribution in [0.15, 0.2) is 41.2 Å². The molecule has 232 valence electrons. The normalized spacial score (nSPS) is 19.5. The molecule has 1 aromatic heterocycles. The Bertz CT molecular complexity index is 1510. The van der Waals surface area contributed by atoms with Crippen molar-refractivity contribution in [2.75, 3.05) is 39.8 Å². The summed E-state index contributed by atoms with van der Waals surface area (Å²) in [6, 6.07) is 13.2. The first-order chi connectivity index (χ1) is 20.4. The summed E-state index contributed by atoms with van der Waals surface area (Å²) in [4.78, 5) is 33.3. The molecule has 2 aromatic carbocycles. The smallest absolute Gasteiger partial charge is 0.282 e. The summed E-state index contributed by atoms with van der Waals surface area (Å²) in [5.41, 5.74) is 3.97. The second kappa shape index (κ2) is 12.8. The van der Waals surface area contributed by atoms with Crippen LogP contribution in [-0.2, 0) is 14.9 Å². The Balaban J connectivity index is 0.000000559. The first-order valence-corrected chi connectivity index (χ1v) is 16.1. The van der Waals surface area contributed by atoms with Crippen LogP contribution in [-0.4, -0.2) is 77.1 Å². The molecule has 0 atom stereocenters. The van der Waals surface area contributed by atoms with Gasteiger partial charge in [-0.3, -0.25) is 9.36 Å². The molecule has 7 nitrogen and oxygen atoms in total. The lowest BCUT2D eigenvalue weighted by Crippen LogP contribution is -2.47. The number of carbonyl (C=O) groups is 1. The van der Waals surface area contributed by atoms with Crippen molar-refractivity contribution in [1.82, 2.24) is 19.4 Å². The lowest BCUT2D eigenvalue weighted by atomic mass is 9.82. The fourth-order valence-electron chi connectivity index (χ4n) is 6.87. The van der Waals surface area contributed by atoms with Crippen LogP contribution < -0.4 is 5.56 Å². The number of halogens is 1. The molecule has 0 radical (unpaired) electrons. The third kappa shape index (κ3) is 6.60. The highest BCUT2D eigenvalue weighted by molar-refractivity contribution is 6.35. The Morgan fingerprint density at radius 1 is 1.05 bits per heavy atom. The highest BCUT2D eigenvalue weighted by Gasteiger charge is 2.39. The van der Waals surface area contributed by atoms with Gasteiger partial charge in [-0.25, -0.2) is 0 Å². The van der Waals surface area contributed by atoms with Crippen molar-refractivity contribution < 1.29 is 9.53 Å². The summed E-state index contributed by atoms with van der Waals surface area (Å²) in [6.45, 7) is 15.7. The molecule has 3 aromatic rings. The number of aromatic nitrogens is 2. The van der Waals surface area contributed by atoms with E-state index in [2.05, 4.69) is 51.4 Å². The second-order valence-electron chi connectivity index (χ2n) is 13.8. The van der Waals surface area contributed by atoms with E-state index in [1.807, 2.05) is 32.9 Å². The molecule has 0 unspecified atom stereocenters. The fraction of sp³-hybridized carbons (Fsp3) is 0.571. The maximum Gasteiger partial charge on any atom is 0.282 e. The van der Waals surface area contributed by atoms with Crippen LogP contribution in [0.5, 0.6) is 0 Å². The van der Waals surface area contributed by atoms with Gasteiger partial charge in [0.25, 0.3) is 5.56 Å². The molecule has 0 N–H and O–H groups in total. The minimum absolute atomic E-state index is 0.0417. The van der Waals surface area contributed by atoms with Gasteiger partial charge in [-0.15, -0.1) is 0 Å². The van der Waals surface area contributed by atoms with Gasteiger partial charge in [0.05, 0.1) is 32.6 Å². The second-order valence-corrected chi connectivity index (χ2v) is 14.2. The zero-order chi connectivity index (χ0) is 30.9. The van der Waals surface area contributed by atoms with E-state index in [-0.39, 0.29) is 16.6 Å². The molecule has 6 rings (SSSR count). The van der Waals surface area contributed by atoms with Crippen molar-refractivity contribution in [3.63, 3.8) is 0 Å². The van der Waals surface area contributed by atoms with Crippen LogP contribution in [0.4, 0.5) is 0 Å². The quantitative estimate of drug-likeness (QED) is 0.316. The number of carbonyl (C=O) groups excluding carboxylic acids is 1. The first-order valence-electron chi connectivity index (χ1n) is 15.8. The molecule has 8 heteroatoms. The summed E-state index contributed by atoms with van der Waals surface area (Å²) < 4.78 is 7.10. The Kier molecular flexibility index (Phi) is 9.48. The van der Waals surface area contributed by atoms with Gasteiger partial charge in [0.2, 0.25) is 0 Å². The van der Waals surface area contributed by atoms with Crippen LogP contribution in [0.2, 0.25) is 5.02 Å². The number of ether oxygens (including phenoxy) is 1. The van der Waals surface area contributed by atoms with E-state index < -0.39 is 0 Å². The number of aldehydes is 1. The summed E-state index contributed by atoms with van der Waals surface area (Å²) in [5.74, 6) is 1.32. The number of likely N-dealkylation sites (tertiary alicyclic amines) is 2. The van der Waals surface area contributed by atoms with E-state index in [4.69, 9.17) is 16.3 Å². The van der Waals surface area contributed by atoms with E-state index in [0.29, 0.717) is 28.8 Å². The summed E-state index contributed by atoms with van der Waals surface area (Å²) in [6.07, 6.45) is 6.41. The van der Waals surface area contributed by atoms with Gasteiger partial charge in [0, 0.05) is 26.1 Å². The standard InChI is InChI=1S/C30H35ClN4O2.C5H12O/c1-30(2)23-8-7-21(19-26(23)35-25-6-3-5-24(31)27(25)28(37)32-29(30)35)20-9-16-34(17-10-20)22-11-14-33(15-12-22)13-4-18-36;1-5(2,3)6-4/h3,5-8,18-20,22H,4,9-17H2,1-2H3;1-4H3. The Morgan fingerprint density at radius 3 is 2.35 bits per heavy atom. The molecular weight excluding hydrogens is 560 g/mol. The Labute approximate surface area is 261 Å². The molecule has 4 heterocycles. The molecule has 2 saturated heterocycles. The topological polar surface area (TPSA) is 67.7 Å². The third-order valence-corrected chi connectivity index (χ3v) is 9.93. The Hall–Kier alpha value is -2.58. The molecule has 0 spiro atoms. The molecule has 0 amide bonds. The Morgan fingerprint density at radius 2 is 1.72 bits per heavy atom. The first kappa shape index (κ1) is 31.8. The molecular formula is C35H47ClN4O3. The van der Waals surface area contributed by atoms with Crippen molar-refractivity contribution in [3.8, 4) is 5.69 Å². The molecule has 0 saturated carbocycles. The minimum Gasteiger partial charge on any atom is -0.379 e. The summed E-state index contributed by atoms with van der Waals surface area (Å²) in [5, 5.41) is 0.946. The predicted octanol–water partition coefficient (Wildman–Crippen LogP) is 6.34. The number of piperidine rings is 2. The molecule has 2 fully saturated rings. The van der Waals surface area contributed by atoms with Crippen LogP contribution in [0.1, 0.15) is 89.6 Å². The van der Waals surface area contributed by atoms with E-state index in [9.17, 15) is 9.59 Å². The number of hydrogen-bond acceptors (Lipinski definition) is 6. The van der Waals surface area contributed by atoms with Crippen LogP contribution >= 0.6 is 11.6 Å². The number of nitrogens with zero attached hydrogens (tertiary/aromatic N) is 4. The predicted molar refractivity (Wildman–Crippen MR) is 175 cm³/mol. The molecule has 0 bridgehead atoms. The van der Waals surface area contributed by atoms with Crippen molar-refractivity contribution >= 4 is 28.8 Å². The van der Waals surface area contributed by atoms with E-state index in [1.165, 1.54) is 24.0 Å². The zero-order valence-electron chi connectivity index (χ0n) is 26.7. The van der Waals surface area contributed by atoms with Crippen LogP contribution in [0, 0.1) is 0 Å². The third-order valence-electron chi connectivity index (χ3n) is 9.61. The minimum atomic E-state index is -0.354. The number of fused-ring (bicyclic) bond motifs is 5. The van der Waals surface area contributed by atoms with E-state index in [1.54, 1.807) is 13.2 Å². The lowest BCUT2D eigenvalue weighted by Gasteiger charge is -2.42.